The second kappa shape index (κ2) is 7.51. The molecule has 164 valence electrons. The summed E-state index contributed by atoms with van der Waals surface area (Å²) in [5.41, 5.74) is 5.21. The van der Waals surface area contributed by atoms with Gasteiger partial charge in [0.25, 0.3) is 5.91 Å². The van der Waals surface area contributed by atoms with Crippen LogP contribution >= 0.6 is 0 Å². The number of amides is 2. The molecule has 2 aromatic carbocycles. The Labute approximate surface area is 188 Å². The average molecular weight is 428 g/mol. The van der Waals surface area contributed by atoms with E-state index in [4.69, 9.17) is 0 Å². The van der Waals surface area contributed by atoms with Crippen molar-refractivity contribution in [1.29, 1.82) is 0 Å². The van der Waals surface area contributed by atoms with Crippen LogP contribution in [0.1, 0.15) is 65.7 Å². The van der Waals surface area contributed by atoms with E-state index in [1.54, 1.807) is 0 Å². The standard InChI is InChI=1S/C27H29N3O2/c31-25(29-15-12-24-22(18-29)21-10-4-5-11-23(21)28-24)16-27(13-6-1-7-14-27)30-17-19-8-2-3-9-20(19)26(30)32/h2-5,8-11,28H,1,6-7,12-18H2. The molecule has 0 bridgehead atoms. The van der Waals surface area contributed by atoms with Crippen LogP contribution in [0.15, 0.2) is 48.5 Å². The molecule has 32 heavy (non-hydrogen) atoms. The van der Waals surface area contributed by atoms with Gasteiger partial charge in [0.2, 0.25) is 5.91 Å². The first-order chi connectivity index (χ1) is 15.6. The number of carbonyl (C=O) groups is 2. The zero-order valence-electron chi connectivity index (χ0n) is 18.4. The number of para-hydroxylation sites is 1. The number of nitrogens with zero attached hydrogens (tertiary/aromatic N) is 2. The Bertz CT molecular complexity index is 1200. The molecule has 3 aromatic rings. The van der Waals surface area contributed by atoms with E-state index in [2.05, 4.69) is 29.2 Å². The third-order valence-electron chi connectivity index (χ3n) is 7.89. The Hall–Kier alpha value is -3.08. The van der Waals surface area contributed by atoms with Crippen molar-refractivity contribution < 1.29 is 9.59 Å². The van der Waals surface area contributed by atoms with Gasteiger partial charge in [-0.2, -0.15) is 0 Å². The maximum Gasteiger partial charge on any atom is 0.254 e. The van der Waals surface area contributed by atoms with Gasteiger partial charge in [0.05, 0.1) is 12.0 Å². The van der Waals surface area contributed by atoms with E-state index in [0.717, 1.165) is 55.3 Å². The molecule has 0 unspecified atom stereocenters. The van der Waals surface area contributed by atoms with Gasteiger partial charge in [-0.1, -0.05) is 55.7 Å². The maximum absolute atomic E-state index is 13.7. The molecule has 1 aliphatic carbocycles. The largest absolute Gasteiger partial charge is 0.358 e. The summed E-state index contributed by atoms with van der Waals surface area (Å²) in [6, 6.07) is 16.3. The molecule has 1 saturated carbocycles. The highest BCUT2D eigenvalue weighted by atomic mass is 16.2. The molecule has 3 aliphatic rings. The van der Waals surface area contributed by atoms with Gasteiger partial charge in [-0.15, -0.1) is 0 Å². The lowest BCUT2D eigenvalue weighted by atomic mass is 9.77. The monoisotopic (exact) mass is 427 g/mol. The molecule has 5 heteroatoms. The SMILES string of the molecule is O=C(CC1(N2Cc3ccccc3C2=O)CCCCC1)N1CCc2[nH]c3ccccc3c2C1. The molecule has 6 rings (SSSR count). The van der Waals surface area contributed by atoms with Crippen LogP contribution in [0.3, 0.4) is 0 Å². The molecule has 5 nitrogen and oxygen atoms in total. The summed E-state index contributed by atoms with van der Waals surface area (Å²) in [5, 5.41) is 1.22. The van der Waals surface area contributed by atoms with Crippen LogP contribution in [0.25, 0.3) is 10.9 Å². The summed E-state index contributed by atoms with van der Waals surface area (Å²) in [4.78, 5) is 34.6. The molecule has 1 N–H and O–H groups in total. The zero-order valence-corrected chi connectivity index (χ0v) is 18.4. The highest BCUT2D eigenvalue weighted by Gasteiger charge is 2.46. The molecule has 1 fully saturated rings. The molecule has 0 saturated heterocycles. The van der Waals surface area contributed by atoms with Crippen LogP contribution in [0, 0.1) is 0 Å². The predicted octanol–water partition coefficient (Wildman–Crippen LogP) is 4.80. The number of nitrogens with one attached hydrogen (secondary N) is 1. The van der Waals surface area contributed by atoms with Crippen LogP contribution in [0.5, 0.6) is 0 Å². The van der Waals surface area contributed by atoms with Crippen LogP contribution < -0.4 is 0 Å². The van der Waals surface area contributed by atoms with Crippen LogP contribution in [-0.4, -0.2) is 38.7 Å². The highest BCUT2D eigenvalue weighted by molar-refractivity contribution is 5.99. The summed E-state index contributed by atoms with van der Waals surface area (Å²) in [6.07, 6.45) is 6.49. The van der Waals surface area contributed by atoms with Crippen molar-refractivity contribution in [1.82, 2.24) is 14.8 Å². The fraction of sp³-hybridized carbons (Fsp3) is 0.407. The number of fused-ring (bicyclic) bond motifs is 4. The van der Waals surface area contributed by atoms with Gasteiger partial charge in [-0.25, -0.2) is 0 Å². The summed E-state index contributed by atoms with van der Waals surface area (Å²) in [7, 11) is 0. The highest BCUT2D eigenvalue weighted by Crippen LogP contribution is 2.42. The van der Waals surface area contributed by atoms with E-state index in [1.165, 1.54) is 23.1 Å². The number of aromatic amines is 1. The van der Waals surface area contributed by atoms with Gasteiger partial charge in [0, 0.05) is 53.8 Å². The average Bonchev–Trinajstić information content (AvgIpc) is 3.37. The first-order valence-corrected chi connectivity index (χ1v) is 11.9. The summed E-state index contributed by atoms with van der Waals surface area (Å²) >= 11 is 0. The van der Waals surface area contributed by atoms with Gasteiger partial charge in [0.15, 0.2) is 0 Å². The van der Waals surface area contributed by atoms with Crippen molar-refractivity contribution >= 4 is 22.7 Å². The fourth-order valence-electron chi connectivity index (χ4n) is 6.16. The van der Waals surface area contributed by atoms with E-state index in [-0.39, 0.29) is 17.4 Å². The number of hydrogen-bond donors (Lipinski definition) is 1. The lowest BCUT2D eigenvalue weighted by Crippen LogP contribution is -2.53. The van der Waals surface area contributed by atoms with Crippen molar-refractivity contribution in [3.8, 4) is 0 Å². The molecular formula is C27H29N3O2. The third kappa shape index (κ3) is 3.06. The number of rotatable bonds is 3. The number of carbonyl (C=O) groups excluding carboxylic acids is 2. The van der Waals surface area contributed by atoms with Crippen molar-refractivity contribution in [2.45, 2.75) is 63.6 Å². The minimum atomic E-state index is -0.355. The van der Waals surface area contributed by atoms with E-state index in [1.807, 2.05) is 34.1 Å². The molecule has 0 spiro atoms. The Morgan fingerprint density at radius 3 is 2.59 bits per heavy atom. The molecule has 1 aromatic heterocycles. The first-order valence-electron chi connectivity index (χ1n) is 11.9. The summed E-state index contributed by atoms with van der Waals surface area (Å²) in [5.74, 6) is 0.291. The topological polar surface area (TPSA) is 56.4 Å². The van der Waals surface area contributed by atoms with Gasteiger partial charge in [0.1, 0.15) is 0 Å². The normalized spacial score (nSPS) is 19.8. The van der Waals surface area contributed by atoms with E-state index in [9.17, 15) is 9.59 Å². The number of aromatic nitrogens is 1. The summed E-state index contributed by atoms with van der Waals surface area (Å²) in [6.45, 7) is 2.03. The molecule has 0 atom stereocenters. The van der Waals surface area contributed by atoms with Gasteiger partial charge < -0.3 is 14.8 Å². The van der Waals surface area contributed by atoms with Crippen LogP contribution in [0.4, 0.5) is 0 Å². The van der Waals surface area contributed by atoms with Crippen molar-refractivity contribution in [3.63, 3.8) is 0 Å². The van der Waals surface area contributed by atoms with Gasteiger partial charge in [-0.05, 0) is 30.5 Å². The molecule has 0 radical (unpaired) electrons. The number of hydrogen-bond acceptors (Lipinski definition) is 2. The van der Waals surface area contributed by atoms with E-state index < -0.39 is 0 Å². The maximum atomic E-state index is 13.7. The second-order valence-corrected chi connectivity index (χ2v) is 9.70. The Morgan fingerprint density at radius 1 is 0.969 bits per heavy atom. The predicted molar refractivity (Wildman–Crippen MR) is 124 cm³/mol. The quantitative estimate of drug-likeness (QED) is 0.653. The van der Waals surface area contributed by atoms with Crippen molar-refractivity contribution in [2.75, 3.05) is 6.54 Å². The van der Waals surface area contributed by atoms with Crippen molar-refractivity contribution in [3.05, 3.63) is 70.9 Å². The van der Waals surface area contributed by atoms with E-state index in [0.29, 0.717) is 19.5 Å². The summed E-state index contributed by atoms with van der Waals surface area (Å²) < 4.78 is 0. The Kier molecular flexibility index (Phi) is 4.60. The molecular weight excluding hydrogens is 398 g/mol. The first kappa shape index (κ1) is 19.6. The lowest BCUT2D eigenvalue weighted by molar-refractivity contribution is -0.135. The fourth-order valence-corrected chi connectivity index (χ4v) is 6.16. The third-order valence-corrected chi connectivity index (χ3v) is 7.89. The number of H-pyrrole nitrogens is 1. The van der Waals surface area contributed by atoms with Crippen molar-refractivity contribution in [2.24, 2.45) is 0 Å². The molecule has 3 heterocycles. The molecule has 2 aliphatic heterocycles. The van der Waals surface area contributed by atoms with Gasteiger partial charge in [-0.3, -0.25) is 9.59 Å². The smallest absolute Gasteiger partial charge is 0.254 e. The minimum absolute atomic E-state index is 0.104. The van der Waals surface area contributed by atoms with Gasteiger partial charge >= 0.3 is 0 Å². The zero-order chi connectivity index (χ0) is 21.7. The van der Waals surface area contributed by atoms with E-state index >= 15 is 0 Å². The lowest BCUT2D eigenvalue weighted by Gasteiger charge is -2.45. The minimum Gasteiger partial charge on any atom is -0.358 e. The Morgan fingerprint density at radius 2 is 1.75 bits per heavy atom. The van der Waals surface area contributed by atoms with Crippen LogP contribution in [-0.2, 0) is 24.3 Å². The molecule has 2 amide bonds. The van der Waals surface area contributed by atoms with Crippen LogP contribution in [0.2, 0.25) is 0 Å². The number of benzene rings is 2. The Balaban J connectivity index is 1.26. The second-order valence-electron chi connectivity index (χ2n) is 9.70.